The van der Waals surface area contributed by atoms with Crippen molar-refractivity contribution in [3.8, 4) is 0 Å². The first-order chi connectivity index (χ1) is 6.58. The number of rotatable bonds is 7. The van der Waals surface area contributed by atoms with E-state index in [4.69, 9.17) is 5.11 Å². The Kier molecular flexibility index (Phi) is 6.49. The van der Waals surface area contributed by atoms with Gasteiger partial charge < -0.3 is 15.7 Å². The van der Waals surface area contributed by atoms with Crippen LogP contribution in [0.1, 0.15) is 33.1 Å². The number of nitrogens with one attached hydrogen (secondary N) is 2. The second kappa shape index (κ2) is 6.79. The molecule has 0 aromatic rings. The lowest BCUT2D eigenvalue weighted by Gasteiger charge is -2.27. The van der Waals surface area contributed by atoms with E-state index >= 15 is 0 Å². The zero-order valence-corrected chi connectivity index (χ0v) is 9.39. The largest absolute Gasteiger partial charge is 0.394 e. The van der Waals surface area contributed by atoms with Crippen LogP contribution >= 0.6 is 0 Å². The van der Waals surface area contributed by atoms with Crippen LogP contribution in [0.4, 0.5) is 0 Å². The number of carbonyl (C=O) groups excluding carboxylic acids is 1. The molecule has 1 unspecified atom stereocenters. The summed E-state index contributed by atoms with van der Waals surface area (Å²) in [6, 6.07) is 0. The Morgan fingerprint density at radius 3 is 2.57 bits per heavy atom. The van der Waals surface area contributed by atoms with Gasteiger partial charge in [0.1, 0.15) is 0 Å². The molecule has 4 heteroatoms. The third kappa shape index (κ3) is 5.19. The number of hydrogen-bond acceptors (Lipinski definition) is 3. The van der Waals surface area contributed by atoms with Crippen molar-refractivity contribution in [1.29, 1.82) is 0 Å². The average molecular weight is 202 g/mol. The molecule has 0 bridgehead atoms. The maximum absolute atomic E-state index is 11.4. The van der Waals surface area contributed by atoms with E-state index in [-0.39, 0.29) is 12.5 Å². The molecule has 14 heavy (non-hydrogen) atoms. The second-order valence-corrected chi connectivity index (χ2v) is 3.83. The van der Waals surface area contributed by atoms with Crippen molar-refractivity contribution in [2.24, 2.45) is 0 Å². The quantitative estimate of drug-likeness (QED) is 0.519. The number of hydrogen-bond donors (Lipinski definition) is 3. The van der Waals surface area contributed by atoms with Crippen molar-refractivity contribution in [2.75, 3.05) is 20.2 Å². The topological polar surface area (TPSA) is 61.4 Å². The molecule has 84 valence electrons. The van der Waals surface area contributed by atoms with Gasteiger partial charge in [-0.3, -0.25) is 4.79 Å². The minimum absolute atomic E-state index is 0.0126. The molecule has 3 N–H and O–H groups in total. The Balaban J connectivity index is 3.80. The molecule has 0 aromatic heterocycles. The molecule has 0 spiro atoms. The van der Waals surface area contributed by atoms with Crippen LogP contribution in [0.3, 0.4) is 0 Å². The lowest BCUT2D eigenvalue weighted by Crippen LogP contribution is -2.48. The highest BCUT2D eigenvalue weighted by Gasteiger charge is 2.22. The van der Waals surface area contributed by atoms with Crippen LogP contribution in [0, 0.1) is 0 Å². The van der Waals surface area contributed by atoms with Gasteiger partial charge >= 0.3 is 0 Å². The van der Waals surface area contributed by atoms with Gasteiger partial charge in [-0.05, 0) is 33.4 Å². The van der Waals surface area contributed by atoms with Crippen LogP contribution in [-0.2, 0) is 4.79 Å². The molecular weight excluding hydrogens is 180 g/mol. The van der Waals surface area contributed by atoms with Crippen molar-refractivity contribution in [3.63, 3.8) is 0 Å². The lowest BCUT2D eigenvalue weighted by molar-refractivity contribution is -0.123. The predicted octanol–water partition coefficient (Wildman–Crippen LogP) is 0.263. The summed E-state index contributed by atoms with van der Waals surface area (Å²) in [5, 5.41) is 14.9. The number of aliphatic hydroxyl groups is 1. The summed E-state index contributed by atoms with van der Waals surface area (Å²) < 4.78 is 0. The molecule has 0 aromatic carbocycles. The van der Waals surface area contributed by atoms with Crippen LogP contribution in [0.2, 0.25) is 0 Å². The molecule has 0 fully saturated rings. The van der Waals surface area contributed by atoms with Crippen molar-refractivity contribution in [2.45, 2.75) is 38.6 Å². The summed E-state index contributed by atoms with van der Waals surface area (Å²) in [4.78, 5) is 11.4. The van der Waals surface area contributed by atoms with E-state index in [2.05, 4.69) is 10.6 Å². The van der Waals surface area contributed by atoms with Gasteiger partial charge in [-0.15, -0.1) is 0 Å². The first kappa shape index (κ1) is 13.4. The van der Waals surface area contributed by atoms with Gasteiger partial charge in [0, 0.05) is 6.42 Å². The summed E-state index contributed by atoms with van der Waals surface area (Å²) in [7, 11) is 1.86. The summed E-state index contributed by atoms with van der Waals surface area (Å²) in [5.74, 6) is 0.0126. The summed E-state index contributed by atoms with van der Waals surface area (Å²) in [6.45, 7) is 4.63. The predicted molar refractivity (Wildman–Crippen MR) is 57.1 cm³/mol. The van der Waals surface area contributed by atoms with Crippen LogP contribution in [0.5, 0.6) is 0 Å². The Morgan fingerprint density at radius 1 is 1.50 bits per heavy atom. The van der Waals surface area contributed by atoms with Crippen molar-refractivity contribution in [3.05, 3.63) is 0 Å². The van der Waals surface area contributed by atoms with Gasteiger partial charge in [-0.2, -0.15) is 0 Å². The Hall–Kier alpha value is -0.610. The van der Waals surface area contributed by atoms with E-state index in [1.807, 2.05) is 20.9 Å². The Morgan fingerprint density at radius 2 is 2.14 bits per heavy atom. The van der Waals surface area contributed by atoms with Crippen LogP contribution in [0.25, 0.3) is 0 Å². The van der Waals surface area contributed by atoms with E-state index in [0.29, 0.717) is 6.42 Å². The molecule has 0 saturated heterocycles. The standard InChI is InChI=1S/C10H22N2O2/c1-4-10(2,8-13)12-9(14)6-5-7-11-3/h11,13H,4-8H2,1-3H3,(H,12,14). The number of aliphatic hydroxyl groups excluding tert-OH is 1. The molecule has 0 aliphatic carbocycles. The van der Waals surface area contributed by atoms with E-state index in [1.165, 1.54) is 0 Å². The minimum atomic E-state index is -0.462. The fourth-order valence-corrected chi connectivity index (χ4v) is 1.06. The van der Waals surface area contributed by atoms with Crippen LogP contribution in [-0.4, -0.2) is 36.8 Å². The van der Waals surface area contributed by atoms with Crippen molar-refractivity contribution in [1.82, 2.24) is 10.6 Å². The number of carbonyl (C=O) groups is 1. The third-order valence-electron chi connectivity index (χ3n) is 2.40. The molecule has 0 aliphatic rings. The van der Waals surface area contributed by atoms with Gasteiger partial charge in [0.15, 0.2) is 0 Å². The fraction of sp³-hybridized carbons (Fsp3) is 0.900. The van der Waals surface area contributed by atoms with E-state index in [0.717, 1.165) is 19.4 Å². The van der Waals surface area contributed by atoms with Crippen molar-refractivity contribution >= 4 is 5.91 Å². The second-order valence-electron chi connectivity index (χ2n) is 3.83. The van der Waals surface area contributed by atoms with E-state index < -0.39 is 5.54 Å². The SMILES string of the molecule is CCC(C)(CO)NC(=O)CCCNC. The van der Waals surface area contributed by atoms with Gasteiger partial charge in [0.25, 0.3) is 0 Å². The Labute approximate surface area is 86.1 Å². The lowest BCUT2D eigenvalue weighted by atomic mass is 10.00. The summed E-state index contributed by atoms with van der Waals surface area (Å²) >= 11 is 0. The molecule has 0 rings (SSSR count). The minimum Gasteiger partial charge on any atom is -0.394 e. The molecule has 0 saturated carbocycles. The fourth-order valence-electron chi connectivity index (χ4n) is 1.06. The average Bonchev–Trinajstić information content (AvgIpc) is 2.18. The summed E-state index contributed by atoms with van der Waals surface area (Å²) in [6.07, 6.45) is 2.07. The van der Waals surface area contributed by atoms with Gasteiger partial charge in [0.2, 0.25) is 5.91 Å². The maximum Gasteiger partial charge on any atom is 0.220 e. The molecule has 4 nitrogen and oxygen atoms in total. The molecule has 1 amide bonds. The smallest absolute Gasteiger partial charge is 0.220 e. The molecule has 0 heterocycles. The van der Waals surface area contributed by atoms with Crippen LogP contribution < -0.4 is 10.6 Å². The van der Waals surface area contributed by atoms with Gasteiger partial charge in [-0.25, -0.2) is 0 Å². The molecular formula is C10H22N2O2. The molecule has 0 aliphatic heterocycles. The Bertz CT molecular complexity index is 168. The van der Waals surface area contributed by atoms with Gasteiger partial charge in [-0.1, -0.05) is 6.92 Å². The zero-order valence-electron chi connectivity index (χ0n) is 9.39. The first-order valence-corrected chi connectivity index (χ1v) is 5.14. The van der Waals surface area contributed by atoms with Gasteiger partial charge in [0.05, 0.1) is 12.1 Å². The van der Waals surface area contributed by atoms with Crippen LogP contribution in [0.15, 0.2) is 0 Å². The van der Waals surface area contributed by atoms with E-state index in [9.17, 15) is 4.79 Å². The highest BCUT2D eigenvalue weighted by molar-refractivity contribution is 5.76. The van der Waals surface area contributed by atoms with Crippen molar-refractivity contribution < 1.29 is 9.90 Å². The molecule has 0 radical (unpaired) electrons. The third-order valence-corrected chi connectivity index (χ3v) is 2.40. The highest BCUT2D eigenvalue weighted by atomic mass is 16.3. The van der Waals surface area contributed by atoms with E-state index in [1.54, 1.807) is 0 Å². The maximum atomic E-state index is 11.4. The first-order valence-electron chi connectivity index (χ1n) is 5.14. The monoisotopic (exact) mass is 202 g/mol. The summed E-state index contributed by atoms with van der Waals surface area (Å²) in [5.41, 5.74) is -0.462. The number of amides is 1. The molecule has 1 atom stereocenters. The normalized spacial score (nSPS) is 14.9. The highest BCUT2D eigenvalue weighted by Crippen LogP contribution is 2.07. The zero-order chi connectivity index (χ0) is 11.0.